The molecule has 1 aromatic rings. The number of rotatable bonds is 6. The fourth-order valence-corrected chi connectivity index (χ4v) is 1.57. The summed E-state index contributed by atoms with van der Waals surface area (Å²) in [5.74, 6) is -0.132. The van der Waals surface area contributed by atoms with Crippen LogP contribution in [0.4, 0.5) is 10.5 Å². The maximum absolute atomic E-state index is 11.8. The largest absolute Gasteiger partial charge is 0.449 e. The molecule has 98 valence electrons. The number of para-hydroxylation sites is 1. The van der Waals surface area contributed by atoms with Gasteiger partial charge in [-0.25, -0.2) is 4.79 Å². The van der Waals surface area contributed by atoms with E-state index in [4.69, 9.17) is 16.3 Å². The molecule has 0 bridgehead atoms. The molecule has 0 atom stereocenters. The third-order valence-electron chi connectivity index (χ3n) is 2.32. The smallest absolute Gasteiger partial charge is 0.414 e. The fraction of sp³-hybridized carbons (Fsp3) is 0.385. The number of anilines is 1. The van der Waals surface area contributed by atoms with Crippen LogP contribution in [0, 0.1) is 0 Å². The van der Waals surface area contributed by atoms with Gasteiger partial charge in [0.1, 0.15) is 5.78 Å². The van der Waals surface area contributed by atoms with Gasteiger partial charge in [0.25, 0.3) is 0 Å². The average molecular weight is 270 g/mol. The van der Waals surface area contributed by atoms with Crippen molar-refractivity contribution >= 4 is 29.2 Å². The maximum atomic E-state index is 11.8. The van der Waals surface area contributed by atoms with Crippen LogP contribution in [0.1, 0.15) is 13.3 Å². The van der Waals surface area contributed by atoms with Crippen molar-refractivity contribution in [3.63, 3.8) is 0 Å². The first-order valence-corrected chi connectivity index (χ1v) is 6.29. The number of nitrogens with zero attached hydrogens (tertiary/aromatic N) is 1. The van der Waals surface area contributed by atoms with Gasteiger partial charge in [0.15, 0.2) is 0 Å². The van der Waals surface area contributed by atoms with Crippen molar-refractivity contribution in [2.45, 2.75) is 13.3 Å². The summed E-state index contributed by atoms with van der Waals surface area (Å²) in [5, 5.41) is 0. The molecule has 1 amide bonds. The first-order valence-electron chi connectivity index (χ1n) is 5.76. The van der Waals surface area contributed by atoms with E-state index in [1.807, 2.05) is 18.2 Å². The summed E-state index contributed by atoms with van der Waals surface area (Å²) in [5.41, 5.74) is 0.707. The van der Waals surface area contributed by atoms with Crippen LogP contribution < -0.4 is 4.90 Å². The number of alkyl halides is 1. The van der Waals surface area contributed by atoms with E-state index in [1.54, 1.807) is 19.1 Å². The van der Waals surface area contributed by atoms with Crippen LogP contribution in [0.3, 0.4) is 0 Å². The molecular formula is C13H16ClNO3. The molecule has 0 radical (unpaired) electrons. The van der Waals surface area contributed by atoms with Crippen molar-refractivity contribution in [1.29, 1.82) is 0 Å². The van der Waals surface area contributed by atoms with Crippen molar-refractivity contribution in [2.75, 3.05) is 23.9 Å². The minimum atomic E-state index is -0.453. The van der Waals surface area contributed by atoms with Crippen molar-refractivity contribution in [3.8, 4) is 0 Å². The summed E-state index contributed by atoms with van der Waals surface area (Å²) in [6, 6.07) is 9.09. The summed E-state index contributed by atoms with van der Waals surface area (Å²) in [6.45, 7) is 2.31. The third-order valence-corrected chi connectivity index (χ3v) is 2.62. The second kappa shape index (κ2) is 7.71. The zero-order valence-corrected chi connectivity index (χ0v) is 11.0. The highest BCUT2D eigenvalue weighted by Crippen LogP contribution is 2.15. The predicted octanol–water partition coefficient (Wildman–Crippen LogP) is 2.85. The van der Waals surface area contributed by atoms with Gasteiger partial charge in [0, 0.05) is 18.7 Å². The lowest BCUT2D eigenvalue weighted by Gasteiger charge is -2.21. The van der Waals surface area contributed by atoms with Gasteiger partial charge in [-0.2, -0.15) is 0 Å². The van der Waals surface area contributed by atoms with Crippen LogP contribution in [-0.2, 0) is 9.53 Å². The SMILES string of the molecule is CCOC(=O)N(CCC(=O)CCl)c1ccccc1. The fourth-order valence-electron chi connectivity index (χ4n) is 1.44. The van der Waals surface area contributed by atoms with Gasteiger partial charge >= 0.3 is 6.09 Å². The Balaban J connectivity index is 2.75. The molecule has 0 aliphatic rings. The number of benzene rings is 1. The molecule has 0 heterocycles. The molecule has 0 aliphatic heterocycles. The molecule has 4 nitrogen and oxygen atoms in total. The van der Waals surface area contributed by atoms with Gasteiger partial charge in [0.05, 0.1) is 12.5 Å². The molecule has 0 aromatic heterocycles. The number of amides is 1. The number of carbonyl (C=O) groups excluding carboxylic acids is 2. The Labute approximate surface area is 111 Å². The Bertz CT molecular complexity index is 394. The van der Waals surface area contributed by atoms with E-state index in [0.717, 1.165) is 0 Å². The number of hydrogen-bond acceptors (Lipinski definition) is 3. The number of halogens is 1. The molecule has 1 aromatic carbocycles. The lowest BCUT2D eigenvalue weighted by molar-refractivity contribution is -0.116. The van der Waals surface area contributed by atoms with Crippen LogP contribution in [0.15, 0.2) is 30.3 Å². The number of Topliss-reactive ketones (excluding diaryl/α,β-unsaturated/α-hetero) is 1. The Morgan fingerprint density at radius 2 is 1.94 bits per heavy atom. The van der Waals surface area contributed by atoms with E-state index in [-0.39, 0.29) is 24.6 Å². The van der Waals surface area contributed by atoms with Gasteiger partial charge in [0.2, 0.25) is 0 Å². The maximum Gasteiger partial charge on any atom is 0.414 e. The first-order chi connectivity index (χ1) is 8.69. The summed E-state index contributed by atoms with van der Waals surface area (Å²) >= 11 is 5.44. The second-order valence-corrected chi connectivity index (χ2v) is 3.88. The molecule has 1 rings (SSSR count). The van der Waals surface area contributed by atoms with Gasteiger partial charge in [-0.3, -0.25) is 9.69 Å². The zero-order chi connectivity index (χ0) is 13.4. The lowest BCUT2D eigenvalue weighted by Crippen LogP contribution is -2.33. The van der Waals surface area contributed by atoms with Gasteiger partial charge in [-0.05, 0) is 19.1 Å². The van der Waals surface area contributed by atoms with Gasteiger partial charge in [-0.1, -0.05) is 18.2 Å². The second-order valence-electron chi connectivity index (χ2n) is 3.61. The number of ketones is 1. The quantitative estimate of drug-likeness (QED) is 0.746. The van der Waals surface area contributed by atoms with Gasteiger partial charge < -0.3 is 4.74 Å². The predicted molar refractivity (Wildman–Crippen MR) is 71.2 cm³/mol. The molecule has 0 aliphatic carbocycles. The summed E-state index contributed by atoms with van der Waals surface area (Å²) in [4.78, 5) is 24.5. The van der Waals surface area contributed by atoms with Crippen molar-refractivity contribution in [2.24, 2.45) is 0 Å². The third kappa shape index (κ3) is 4.37. The van der Waals surface area contributed by atoms with Gasteiger partial charge in [-0.15, -0.1) is 11.6 Å². The molecule has 0 fully saturated rings. The average Bonchev–Trinajstić information content (AvgIpc) is 2.40. The highest BCUT2D eigenvalue weighted by Gasteiger charge is 2.17. The molecule has 0 saturated carbocycles. The minimum absolute atomic E-state index is 0.0363. The van der Waals surface area contributed by atoms with Crippen LogP contribution in [0.25, 0.3) is 0 Å². The minimum Gasteiger partial charge on any atom is -0.449 e. The topological polar surface area (TPSA) is 46.6 Å². The lowest BCUT2D eigenvalue weighted by atomic mass is 10.2. The van der Waals surface area contributed by atoms with Crippen LogP contribution in [0.5, 0.6) is 0 Å². The van der Waals surface area contributed by atoms with E-state index in [9.17, 15) is 9.59 Å². The Kier molecular flexibility index (Phi) is 6.22. The zero-order valence-electron chi connectivity index (χ0n) is 10.3. The summed E-state index contributed by atoms with van der Waals surface area (Å²) in [6.07, 6.45) is -0.233. The standard InChI is InChI=1S/C13H16ClNO3/c1-2-18-13(17)15(9-8-12(16)10-14)11-6-4-3-5-7-11/h3-7H,2,8-10H2,1H3. The van der Waals surface area contributed by atoms with Crippen LogP contribution >= 0.6 is 11.6 Å². The molecule has 5 heteroatoms. The molecule has 0 unspecified atom stereocenters. The monoisotopic (exact) mass is 269 g/mol. The Morgan fingerprint density at radius 1 is 1.28 bits per heavy atom. The highest BCUT2D eigenvalue weighted by atomic mass is 35.5. The Hall–Kier alpha value is -1.55. The highest BCUT2D eigenvalue weighted by molar-refractivity contribution is 6.27. The number of hydrogen-bond donors (Lipinski definition) is 0. The van der Waals surface area contributed by atoms with E-state index in [0.29, 0.717) is 12.3 Å². The van der Waals surface area contributed by atoms with Crippen LogP contribution in [-0.4, -0.2) is 30.9 Å². The van der Waals surface area contributed by atoms with Crippen molar-refractivity contribution in [1.82, 2.24) is 0 Å². The van der Waals surface area contributed by atoms with Crippen molar-refractivity contribution < 1.29 is 14.3 Å². The number of carbonyl (C=O) groups is 2. The molecule has 18 heavy (non-hydrogen) atoms. The van der Waals surface area contributed by atoms with E-state index >= 15 is 0 Å². The molecule has 0 spiro atoms. The van der Waals surface area contributed by atoms with Crippen molar-refractivity contribution in [3.05, 3.63) is 30.3 Å². The molecular weight excluding hydrogens is 254 g/mol. The van der Waals surface area contributed by atoms with E-state index in [2.05, 4.69) is 0 Å². The summed E-state index contributed by atoms with van der Waals surface area (Å²) < 4.78 is 4.97. The molecule has 0 saturated heterocycles. The Morgan fingerprint density at radius 3 is 2.50 bits per heavy atom. The normalized spacial score (nSPS) is 9.89. The number of ether oxygens (including phenoxy) is 1. The summed E-state index contributed by atoms with van der Waals surface area (Å²) in [7, 11) is 0. The van der Waals surface area contributed by atoms with Crippen LogP contribution in [0.2, 0.25) is 0 Å². The first kappa shape index (κ1) is 14.5. The van der Waals surface area contributed by atoms with E-state index < -0.39 is 6.09 Å². The van der Waals surface area contributed by atoms with E-state index in [1.165, 1.54) is 4.90 Å². The molecule has 0 N–H and O–H groups in total.